The molecule has 0 aliphatic carbocycles. The molecular formula is C15H28N2O4. The van der Waals surface area contributed by atoms with Crippen LogP contribution in [0.25, 0.3) is 0 Å². The monoisotopic (exact) mass is 300 g/mol. The number of nitrogens with one attached hydrogen (secondary N) is 2. The topological polar surface area (TPSA) is 87.7 Å². The smallest absolute Gasteiger partial charge is 0.314 e. The Morgan fingerprint density at radius 2 is 2.05 bits per heavy atom. The lowest BCUT2D eigenvalue weighted by Gasteiger charge is -2.22. The summed E-state index contributed by atoms with van der Waals surface area (Å²) in [5.74, 6) is -1.10. The van der Waals surface area contributed by atoms with E-state index in [1.807, 2.05) is 13.8 Å². The molecule has 1 aliphatic rings. The van der Waals surface area contributed by atoms with Crippen LogP contribution in [0.15, 0.2) is 0 Å². The number of carbonyl (C=O) groups is 2. The summed E-state index contributed by atoms with van der Waals surface area (Å²) in [6, 6.07) is -0.305. The van der Waals surface area contributed by atoms with Gasteiger partial charge in [0.05, 0.1) is 12.0 Å². The van der Waals surface area contributed by atoms with E-state index < -0.39 is 11.9 Å². The molecule has 2 atom stereocenters. The van der Waals surface area contributed by atoms with Crippen molar-refractivity contribution in [3.05, 3.63) is 0 Å². The van der Waals surface area contributed by atoms with Crippen LogP contribution >= 0.6 is 0 Å². The van der Waals surface area contributed by atoms with Gasteiger partial charge in [-0.1, -0.05) is 13.8 Å². The maximum atomic E-state index is 11.6. The molecule has 1 fully saturated rings. The normalized spacial score (nSPS) is 20.0. The van der Waals surface area contributed by atoms with Crippen molar-refractivity contribution >= 4 is 12.0 Å². The van der Waals surface area contributed by atoms with Crippen molar-refractivity contribution in [3.63, 3.8) is 0 Å². The first kappa shape index (κ1) is 17.8. The van der Waals surface area contributed by atoms with Crippen molar-refractivity contribution in [1.29, 1.82) is 0 Å². The van der Waals surface area contributed by atoms with Gasteiger partial charge < -0.3 is 20.5 Å². The molecule has 1 aliphatic heterocycles. The molecule has 0 saturated carbocycles. The fourth-order valence-corrected chi connectivity index (χ4v) is 2.50. The fourth-order valence-electron chi connectivity index (χ4n) is 2.50. The molecule has 6 heteroatoms. The summed E-state index contributed by atoms with van der Waals surface area (Å²) >= 11 is 0. The highest BCUT2D eigenvalue weighted by Gasteiger charge is 2.19. The summed E-state index contributed by atoms with van der Waals surface area (Å²) in [6.07, 6.45) is 4.97. The molecule has 0 aromatic heterocycles. The molecule has 3 N–H and O–H groups in total. The Kier molecular flexibility index (Phi) is 8.12. The third-order valence-corrected chi connectivity index (χ3v) is 3.64. The molecule has 6 nitrogen and oxygen atoms in total. The van der Waals surface area contributed by atoms with E-state index in [9.17, 15) is 9.59 Å². The SMILES string of the molecule is CC(C)CC(CNC(=O)NCCC1CCCCO1)C(=O)O. The summed E-state index contributed by atoms with van der Waals surface area (Å²) in [5, 5.41) is 14.5. The molecule has 0 aromatic rings. The molecule has 21 heavy (non-hydrogen) atoms. The van der Waals surface area contributed by atoms with Crippen LogP contribution in [0.3, 0.4) is 0 Å². The number of carboxylic acid groups (broad SMARTS) is 1. The van der Waals surface area contributed by atoms with Gasteiger partial charge in [0.1, 0.15) is 0 Å². The summed E-state index contributed by atoms with van der Waals surface area (Å²) in [7, 11) is 0. The molecule has 0 bridgehead atoms. The summed E-state index contributed by atoms with van der Waals surface area (Å²) in [5.41, 5.74) is 0. The Labute approximate surface area is 126 Å². The highest BCUT2D eigenvalue weighted by molar-refractivity contribution is 5.75. The minimum absolute atomic E-state index is 0.166. The van der Waals surface area contributed by atoms with Gasteiger partial charge >= 0.3 is 12.0 Å². The molecule has 2 unspecified atom stereocenters. The average Bonchev–Trinajstić information content (AvgIpc) is 2.44. The predicted octanol–water partition coefficient (Wildman–Crippen LogP) is 1.99. The van der Waals surface area contributed by atoms with Gasteiger partial charge in [-0.05, 0) is 38.0 Å². The number of rotatable bonds is 8. The molecule has 1 heterocycles. The standard InChI is InChI=1S/C15H28N2O4/c1-11(2)9-12(14(18)19)10-17-15(20)16-7-6-13-5-3-4-8-21-13/h11-13H,3-10H2,1-2H3,(H,18,19)(H2,16,17,20). The van der Waals surface area contributed by atoms with Crippen LogP contribution in [0.2, 0.25) is 0 Å². The van der Waals surface area contributed by atoms with E-state index in [0.717, 1.165) is 25.9 Å². The van der Waals surface area contributed by atoms with E-state index in [0.29, 0.717) is 18.9 Å². The van der Waals surface area contributed by atoms with E-state index in [2.05, 4.69) is 10.6 Å². The van der Waals surface area contributed by atoms with Gasteiger partial charge in [-0.2, -0.15) is 0 Å². The lowest BCUT2D eigenvalue weighted by Crippen LogP contribution is -2.41. The molecule has 122 valence electrons. The number of ether oxygens (including phenoxy) is 1. The highest BCUT2D eigenvalue weighted by Crippen LogP contribution is 2.14. The first-order valence-corrected chi connectivity index (χ1v) is 7.85. The van der Waals surface area contributed by atoms with Crippen molar-refractivity contribution in [2.75, 3.05) is 19.7 Å². The van der Waals surface area contributed by atoms with Crippen molar-refractivity contribution in [2.24, 2.45) is 11.8 Å². The minimum atomic E-state index is -0.861. The van der Waals surface area contributed by atoms with Crippen LogP contribution in [0.4, 0.5) is 4.79 Å². The molecule has 1 saturated heterocycles. The van der Waals surface area contributed by atoms with E-state index >= 15 is 0 Å². The first-order valence-electron chi connectivity index (χ1n) is 7.85. The quantitative estimate of drug-likeness (QED) is 0.639. The fraction of sp³-hybridized carbons (Fsp3) is 0.867. The Morgan fingerprint density at radius 3 is 2.62 bits per heavy atom. The molecule has 2 amide bonds. The second-order valence-electron chi connectivity index (χ2n) is 6.08. The van der Waals surface area contributed by atoms with Crippen molar-refractivity contribution < 1.29 is 19.4 Å². The van der Waals surface area contributed by atoms with Crippen molar-refractivity contribution in [1.82, 2.24) is 10.6 Å². The zero-order valence-electron chi connectivity index (χ0n) is 13.1. The summed E-state index contributed by atoms with van der Waals surface area (Å²) < 4.78 is 5.58. The van der Waals surface area contributed by atoms with Gasteiger partial charge in [0.15, 0.2) is 0 Å². The predicted molar refractivity (Wildman–Crippen MR) is 80.2 cm³/mol. The number of carbonyl (C=O) groups excluding carboxylic acids is 1. The first-order chi connectivity index (χ1) is 9.99. The van der Waals surface area contributed by atoms with Crippen LogP contribution < -0.4 is 10.6 Å². The molecule has 1 rings (SSSR count). The number of carboxylic acids is 1. The van der Waals surface area contributed by atoms with E-state index in [1.54, 1.807) is 0 Å². The maximum absolute atomic E-state index is 11.6. The third kappa shape index (κ3) is 7.90. The zero-order valence-corrected chi connectivity index (χ0v) is 13.1. The van der Waals surface area contributed by atoms with Gasteiger partial charge in [0, 0.05) is 19.7 Å². The van der Waals surface area contributed by atoms with Gasteiger partial charge in [0.2, 0.25) is 0 Å². The largest absolute Gasteiger partial charge is 0.481 e. The van der Waals surface area contributed by atoms with Crippen LogP contribution in [0.1, 0.15) is 46.0 Å². The Morgan fingerprint density at radius 1 is 1.29 bits per heavy atom. The van der Waals surface area contributed by atoms with Gasteiger partial charge in [-0.3, -0.25) is 4.79 Å². The number of amides is 2. The van der Waals surface area contributed by atoms with Gasteiger partial charge in [-0.25, -0.2) is 4.79 Å². The van der Waals surface area contributed by atoms with Crippen LogP contribution in [-0.2, 0) is 9.53 Å². The number of hydrogen-bond donors (Lipinski definition) is 3. The number of hydrogen-bond acceptors (Lipinski definition) is 3. The van der Waals surface area contributed by atoms with Gasteiger partial charge in [-0.15, -0.1) is 0 Å². The Bertz CT molecular complexity index is 328. The third-order valence-electron chi connectivity index (χ3n) is 3.64. The molecule has 0 radical (unpaired) electrons. The van der Waals surface area contributed by atoms with E-state index in [-0.39, 0.29) is 18.7 Å². The van der Waals surface area contributed by atoms with E-state index in [4.69, 9.17) is 9.84 Å². The minimum Gasteiger partial charge on any atom is -0.481 e. The van der Waals surface area contributed by atoms with Crippen LogP contribution in [0, 0.1) is 11.8 Å². The van der Waals surface area contributed by atoms with Crippen LogP contribution in [-0.4, -0.2) is 42.9 Å². The Hall–Kier alpha value is -1.30. The second-order valence-corrected chi connectivity index (χ2v) is 6.08. The maximum Gasteiger partial charge on any atom is 0.314 e. The van der Waals surface area contributed by atoms with Crippen LogP contribution in [0.5, 0.6) is 0 Å². The van der Waals surface area contributed by atoms with Crippen molar-refractivity contribution in [2.45, 2.75) is 52.1 Å². The molecular weight excluding hydrogens is 272 g/mol. The van der Waals surface area contributed by atoms with Gasteiger partial charge in [0.25, 0.3) is 0 Å². The van der Waals surface area contributed by atoms with Crippen molar-refractivity contribution in [3.8, 4) is 0 Å². The summed E-state index contributed by atoms with van der Waals surface area (Å²) in [4.78, 5) is 22.7. The zero-order chi connectivity index (χ0) is 15.7. The number of aliphatic carboxylic acids is 1. The lowest BCUT2D eigenvalue weighted by molar-refractivity contribution is -0.142. The average molecular weight is 300 g/mol. The molecule has 0 aromatic carbocycles. The molecule has 0 spiro atoms. The second kappa shape index (κ2) is 9.60. The lowest BCUT2D eigenvalue weighted by atomic mass is 9.97. The number of urea groups is 1. The highest BCUT2D eigenvalue weighted by atomic mass is 16.5. The van der Waals surface area contributed by atoms with E-state index in [1.165, 1.54) is 6.42 Å². The summed E-state index contributed by atoms with van der Waals surface area (Å²) in [6.45, 7) is 5.48. The Balaban J connectivity index is 2.15.